The summed E-state index contributed by atoms with van der Waals surface area (Å²) >= 11 is 0. The molecule has 0 bridgehead atoms. The van der Waals surface area contributed by atoms with Gasteiger partial charge in [0.25, 0.3) is 0 Å². The number of unbranched alkanes of at least 4 members (excludes halogenated alkanes) is 16. The van der Waals surface area contributed by atoms with Crippen LogP contribution in [0.2, 0.25) is 0 Å². The van der Waals surface area contributed by atoms with Gasteiger partial charge in [-0.2, -0.15) is 0 Å². The third-order valence-corrected chi connectivity index (χ3v) is 6.47. The third-order valence-electron chi connectivity index (χ3n) is 6.47. The Hall–Kier alpha value is -0.790. The lowest BCUT2D eigenvalue weighted by Crippen LogP contribution is -2.35. The summed E-state index contributed by atoms with van der Waals surface area (Å²) < 4.78 is 4.79. The Morgan fingerprint density at radius 3 is 1.59 bits per heavy atom. The van der Waals surface area contributed by atoms with Gasteiger partial charge in [0.1, 0.15) is 12.4 Å². The fraction of sp³-hybridized carbons (Fsp3) is 0.889. The SMILES string of the molecule is CCCCCCCCCCCCCCCCC(C)[n+]1ccn(CCCCCC)c1. The number of nitrogens with zero attached hydrogens (tertiary/aromatic N) is 2. The van der Waals surface area contributed by atoms with E-state index in [4.69, 9.17) is 0 Å². The molecule has 0 fully saturated rings. The summed E-state index contributed by atoms with van der Waals surface area (Å²) in [5.74, 6) is 0. The van der Waals surface area contributed by atoms with E-state index < -0.39 is 0 Å². The van der Waals surface area contributed by atoms with Crippen LogP contribution >= 0.6 is 0 Å². The highest BCUT2D eigenvalue weighted by Crippen LogP contribution is 2.15. The van der Waals surface area contributed by atoms with Gasteiger partial charge < -0.3 is 0 Å². The molecule has 1 heterocycles. The third kappa shape index (κ3) is 14.8. The highest BCUT2D eigenvalue weighted by Gasteiger charge is 2.11. The van der Waals surface area contributed by atoms with E-state index in [-0.39, 0.29) is 0 Å². The molecule has 0 aliphatic rings. The molecule has 1 aromatic rings. The molecule has 1 atom stereocenters. The fourth-order valence-corrected chi connectivity index (χ4v) is 4.31. The first-order chi connectivity index (χ1) is 14.3. The maximum Gasteiger partial charge on any atom is 0.243 e. The molecule has 0 saturated heterocycles. The van der Waals surface area contributed by atoms with Crippen LogP contribution in [0.25, 0.3) is 0 Å². The normalized spacial score (nSPS) is 12.5. The molecule has 1 unspecified atom stereocenters. The van der Waals surface area contributed by atoms with Crippen LogP contribution in [-0.2, 0) is 6.54 Å². The second-order valence-corrected chi connectivity index (χ2v) is 9.39. The van der Waals surface area contributed by atoms with Crippen molar-refractivity contribution in [2.75, 3.05) is 0 Å². The molecule has 1 aromatic heterocycles. The van der Waals surface area contributed by atoms with Crippen LogP contribution in [0.1, 0.15) is 149 Å². The van der Waals surface area contributed by atoms with Crippen molar-refractivity contribution in [1.82, 2.24) is 4.57 Å². The summed E-state index contributed by atoms with van der Waals surface area (Å²) in [5, 5.41) is 0. The maximum atomic E-state index is 2.42. The van der Waals surface area contributed by atoms with Crippen molar-refractivity contribution >= 4 is 0 Å². The molecule has 0 amide bonds. The summed E-state index contributed by atoms with van der Waals surface area (Å²) in [6, 6.07) is 0.643. The van der Waals surface area contributed by atoms with E-state index in [9.17, 15) is 0 Å². The van der Waals surface area contributed by atoms with Gasteiger partial charge in [0.2, 0.25) is 6.33 Å². The van der Waals surface area contributed by atoms with Crippen molar-refractivity contribution in [3.63, 3.8) is 0 Å². The molecule has 0 aliphatic carbocycles. The van der Waals surface area contributed by atoms with Crippen molar-refractivity contribution in [1.29, 1.82) is 0 Å². The zero-order valence-electron chi connectivity index (χ0n) is 20.3. The van der Waals surface area contributed by atoms with Crippen molar-refractivity contribution in [2.24, 2.45) is 0 Å². The van der Waals surface area contributed by atoms with Gasteiger partial charge in [-0.3, -0.25) is 0 Å². The largest absolute Gasteiger partial charge is 0.243 e. The van der Waals surface area contributed by atoms with E-state index in [2.05, 4.69) is 48.6 Å². The predicted molar refractivity (Wildman–Crippen MR) is 128 cm³/mol. The van der Waals surface area contributed by atoms with Gasteiger partial charge >= 0.3 is 0 Å². The summed E-state index contributed by atoms with van der Waals surface area (Å²) in [7, 11) is 0. The predicted octanol–water partition coefficient (Wildman–Crippen LogP) is 8.79. The first kappa shape index (κ1) is 26.2. The Kier molecular flexibility index (Phi) is 17.4. The number of hydrogen-bond donors (Lipinski definition) is 0. The first-order valence-electron chi connectivity index (χ1n) is 13.3. The summed E-state index contributed by atoms with van der Waals surface area (Å²) in [6.07, 6.45) is 33.8. The van der Waals surface area contributed by atoms with Crippen LogP contribution in [0, 0.1) is 0 Å². The second kappa shape index (κ2) is 19.2. The van der Waals surface area contributed by atoms with Crippen molar-refractivity contribution in [3.05, 3.63) is 18.7 Å². The van der Waals surface area contributed by atoms with Crippen LogP contribution in [-0.4, -0.2) is 4.57 Å². The zero-order chi connectivity index (χ0) is 21.0. The Morgan fingerprint density at radius 1 is 0.621 bits per heavy atom. The van der Waals surface area contributed by atoms with Crippen LogP contribution in [0.3, 0.4) is 0 Å². The zero-order valence-corrected chi connectivity index (χ0v) is 20.3. The molecule has 0 radical (unpaired) electrons. The molecule has 0 saturated carbocycles. The molecule has 0 spiro atoms. The Bertz CT molecular complexity index is 451. The Balaban J connectivity index is 1.90. The van der Waals surface area contributed by atoms with Gasteiger partial charge in [-0.15, -0.1) is 0 Å². The number of aryl methyl sites for hydroxylation is 1. The van der Waals surface area contributed by atoms with Gasteiger partial charge in [-0.25, -0.2) is 9.13 Å². The molecule has 0 aliphatic heterocycles. The Morgan fingerprint density at radius 2 is 1.07 bits per heavy atom. The molecule has 29 heavy (non-hydrogen) atoms. The van der Waals surface area contributed by atoms with Gasteiger partial charge in [-0.05, 0) is 32.6 Å². The number of hydrogen-bond acceptors (Lipinski definition) is 0. The molecular formula is C27H53N2+. The average molecular weight is 406 g/mol. The quantitative estimate of drug-likeness (QED) is 0.143. The highest BCUT2D eigenvalue weighted by molar-refractivity contribution is 4.67. The van der Waals surface area contributed by atoms with E-state index in [1.807, 2.05) is 0 Å². The minimum atomic E-state index is 0.643. The minimum Gasteiger partial charge on any atom is -0.237 e. The summed E-state index contributed by atoms with van der Waals surface area (Å²) in [5.41, 5.74) is 0. The lowest BCUT2D eigenvalue weighted by Gasteiger charge is -2.08. The van der Waals surface area contributed by atoms with E-state index in [0.717, 1.165) is 0 Å². The minimum absolute atomic E-state index is 0.643. The van der Waals surface area contributed by atoms with Gasteiger partial charge in [0.05, 0.1) is 12.6 Å². The summed E-state index contributed by atoms with van der Waals surface area (Å²) in [4.78, 5) is 0. The van der Waals surface area contributed by atoms with Gasteiger partial charge in [0, 0.05) is 0 Å². The number of imidazole rings is 1. The van der Waals surface area contributed by atoms with Crippen LogP contribution < -0.4 is 4.57 Å². The molecule has 0 N–H and O–H groups in total. The molecule has 1 rings (SSSR count). The lowest BCUT2D eigenvalue weighted by atomic mass is 10.0. The van der Waals surface area contributed by atoms with E-state index in [1.165, 1.54) is 129 Å². The summed E-state index contributed by atoms with van der Waals surface area (Å²) in [6.45, 7) is 8.14. The average Bonchev–Trinajstić information content (AvgIpc) is 3.20. The van der Waals surface area contributed by atoms with Crippen molar-refractivity contribution < 1.29 is 4.57 Å². The standard InChI is InChI=1S/C27H53N2/c1-4-6-8-10-11-12-13-14-15-16-17-18-19-20-22-27(3)29-25-24-28(26-29)23-21-9-7-5-2/h24-27H,4-23H2,1-3H3/q+1. The highest BCUT2D eigenvalue weighted by atomic mass is 15.1. The smallest absolute Gasteiger partial charge is 0.237 e. The molecule has 2 heteroatoms. The van der Waals surface area contributed by atoms with Crippen molar-refractivity contribution in [3.8, 4) is 0 Å². The van der Waals surface area contributed by atoms with E-state index >= 15 is 0 Å². The number of rotatable bonds is 21. The molecule has 170 valence electrons. The fourth-order valence-electron chi connectivity index (χ4n) is 4.31. The lowest BCUT2D eigenvalue weighted by molar-refractivity contribution is -0.720. The van der Waals surface area contributed by atoms with Crippen LogP contribution in [0.15, 0.2) is 18.7 Å². The number of aromatic nitrogens is 2. The first-order valence-corrected chi connectivity index (χ1v) is 13.3. The molecule has 2 nitrogen and oxygen atoms in total. The monoisotopic (exact) mass is 405 g/mol. The van der Waals surface area contributed by atoms with Crippen molar-refractivity contribution in [2.45, 2.75) is 155 Å². The Labute approximate surface area is 183 Å². The van der Waals surface area contributed by atoms with Gasteiger partial charge in [0.15, 0.2) is 0 Å². The van der Waals surface area contributed by atoms with E-state index in [1.54, 1.807) is 0 Å². The van der Waals surface area contributed by atoms with Crippen LogP contribution in [0.5, 0.6) is 0 Å². The molecular weight excluding hydrogens is 352 g/mol. The molecule has 0 aromatic carbocycles. The van der Waals surface area contributed by atoms with E-state index in [0.29, 0.717) is 6.04 Å². The van der Waals surface area contributed by atoms with Crippen LogP contribution in [0.4, 0.5) is 0 Å². The van der Waals surface area contributed by atoms with Gasteiger partial charge in [-0.1, -0.05) is 110 Å². The maximum absolute atomic E-state index is 2.42. The second-order valence-electron chi connectivity index (χ2n) is 9.39. The topological polar surface area (TPSA) is 8.81 Å².